The van der Waals surface area contributed by atoms with Gasteiger partial charge in [0.1, 0.15) is 6.10 Å². The zero-order chi connectivity index (χ0) is 17.2. The van der Waals surface area contributed by atoms with Crippen LogP contribution in [0.3, 0.4) is 0 Å². The molecule has 0 bridgehead atoms. The van der Waals surface area contributed by atoms with Crippen molar-refractivity contribution in [3.63, 3.8) is 0 Å². The number of hydrogen-bond donors (Lipinski definition) is 1. The fraction of sp³-hybridized carbons (Fsp3) is 0.450. The summed E-state index contributed by atoms with van der Waals surface area (Å²) in [5, 5.41) is 8.52. The van der Waals surface area contributed by atoms with Crippen LogP contribution in [0.25, 0.3) is 0 Å². The standard InChI is InChI=1S/C20H26O3/c1-3-16-20(23-19(2)22)17-14-12-10-8-6-4-5-7-9-11-13-15-18-21/h6,8,10,12-13,15,20-21H,3,11,14,16-18H2,1-2H3/b8-6+,12-10+,15-13-. The maximum atomic E-state index is 11.0. The smallest absolute Gasteiger partial charge is 0.302 e. The van der Waals surface area contributed by atoms with Gasteiger partial charge in [0.25, 0.3) is 0 Å². The van der Waals surface area contributed by atoms with Crippen molar-refractivity contribution < 1.29 is 14.6 Å². The van der Waals surface area contributed by atoms with Gasteiger partial charge in [-0.15, -0.1) is 0 Å². The van der Waals surface area contributed by atoms with Crippen LogP contribution in [-0.4, -0.2) is 23.8 Å². The Labute approximate surface area is 140 Å². The van der Waals surface area contributed by atoms with Crippen molar-refractivity contribution in [1.29, 1.82) is 0 Å². The summed E-state index contributed by atoms with van der Waals surface area (Å²) in [6.07, 6.45) is 15.3. The predicted octanol–water partition coefficient (Wildman–Crippen LogP) is 3.56. The van der Waals surface area contributed by atoms with Crippen molar-refractivity contribution in [3.8, 4) is 23.7 Å². The van der Waals surface area contributed by atoms with Crippen LogP contribution in [0.1, 0.15) is 46.0 Å². The minimum atomic E-state index is -0.212. The monoisotopic (exact) mass is 314 g/mol. The van der Waals surface area contributed by atoms with E-state index in [0.29, 0.717) is 6.42 Å². The first kappa shape index (κ1) is 20.8. The van der Waals surface area contributed by atoms with Gasteiger partial charge in [0.2, 0.25) is 0 Å². The van der Waals surface area contributed by atoms with E-state index in [1.165, 1.54) is 6.92 Å². The van der Waals surface area contributed by atoms with Gasteiger partial charge in [-0.2, -0.15) is 0 Å². The van der Waals surface area contributed by atoms with Crippen LogP contribution in [0.15, 0.2) is 36.5 Å². The molecule has 124 valence electrons. The van der Waals surface area contributed by atoms with E-state index in [0.717, 1.165) is 25.7 Å². The van der Waals surface area contributed by atoms with E-state index in [4.69, 9.17) is 9.84 Å². The van der Waals surface area contributed by atoms with Crippen molar-refractivity contribution >= 4 is 5.97 Å². The van der Waals surface area contributed by atoms with E-state index in [1.54, 1.807) is 18.2 Å². The van der Waals surface area contributed by atoms with Gasteiger partial charge in [0.05, 0.1) is 6.61 Å². The minimum Gasteiger partial charge on any atom is -0.463 e. The summed E-state index contributed by atoms with van der Waals surface area (Å²) in [7, 11) is 0. The van der Waals surface area contributed by atoms with Crippen LogP contribution in [0.5, 0.6) is 0 Å². The van der Waals surface area contributed by atoms with E-state index < -0.39 is 0 Å². The molecule has 0 fully saturated rings. The zero-order valence-electron chi connectivity index (χ0n) is 14.0. The number of aliphatic hydroxyl groups is 1. The molecule has 3 heteroatoms. The molecule has 1 atom stereocenters. The lowest BCUT2D eigenvalue weighted by atomic mass is 10.1. The van der Waals surface area contributed by atoms with Gasteiger partial charge in [-0.25, -0.2) is 0 Å². The highest BCUT2D eigenvalue weighted by molar-refractivity contribution is 5.66. The predicted molar refractivity (Wildman–Crippen MR) is 94.4 cm³/mol. The quantitative estimate of drug-likeness (QED) is 0.306. The molecule has 0 aliphatic carbocycles. The summed E-state index contributed by atoms with van der Waals surface area (Å²) < 4.78 is 5.25. The molecule has 23 heavy (non-hydrogen) atoms. The van der Waals surface area contributed by atoms with Crippen LogP contribution in [0.4, 0.5) is 0 Å². The number of hydrogen-bond acceptors (Lipinski definition) is 3. The molecule has 0 saturated carbocycles. The average molecular weight is 314 g/mol. The van der Waals surface area contributed by atoms with E-state index in [9.17, 15) is 4.79 Å². The topological polar surface area (TPSA) is 46.5 Å². The Kier molecular flexibility index (Phi) is 14.6. The number of esters is 1. The SMILES string of the molecule is CCCC(CC/C=C/C=C/C#CC#CC/C=C\CO)OC(C)=O. The molecule has 0 aromatic rings. The summed E-state index contributed by atoms with van der Waals surface area (Å²) in [5.74, 6) is 10.9. The second kappa shape index (κ2) is 16.1. The number of ether oxygens (including phenoxy) is 1. The summed E-state index contributed by atoms with van der Waals surface area (Å²) in [6.45, 7) is 3.58. The number of rotatable bonds is 9. The van der Waals surface area contributed by atoms with Crippen LogP contribution in [-0.2, 0) is 9.53 Å². The molecular weight excluding hydrogens is 288 g/mol. The Bertz CT molecular complexity index is 519. The Balaban J connectivity index is 3.96. The first-order valence-electron chi connectivity index (χ1n) is 7.93. The second-order valence-corrected chi connectivity index (χ2v) is 4.81. The molecule has 1 unspecified atom stereocenters. The lowest BCUT2D eigenvalue weighted by molar-refractivity contribution is -0.146. The third-order valence-electron chi connectivity index (χ3n) is 2.74. The van der Waals surface area contributed by atoms with Gasteiger partial charge in [-0.3, -0.25) is 4.79 Å². The highest BCUT2D eigenvalue weighted by Gasteiger charge is 2.09. The summed E-state index contributed by atoms with van der Waals surface area (Å²) >= 11 is 0. The summed E-state index contributed by atoms with van der Waals surface area (Å²) in [6, 6.07) is 0. The van der Waals surface area contributed by atoms with Crippen molar-refractivity contribution in [2.45, 2.75) is 52.1 Å². The molecular formula is C20H26O3. The molecule has 0 aliphatic heterocycles. The lowest BCUT2D eigenvalue weighted by Gasteiger charge is -2.14. The maximum absolute atomic E-state index is 11.0. The Morgan fingerprint density at radius 2 is 2.00 bits per heavy atom. The molecule has 0 aliphatic rings. The minimum absolute atomic E-state index is 0.0149. The molecule has 0 aromatic carbocycles. The highest BCUT2D eigenvalue weighted by Crippen LogP contribution is 2.10. The van der Waals surface area contributed by atoms with Crippen molar-refractivity contribution in [1.82, 2.24) is 0 Å². The molecule has 0 spiro atoms. The van der Waals surface area contributed by atoms with Crippen LogP contribution < -0.4 is 0 Å². The van der Waals surface area contributed by atoms with Gasteiger partial charge in [0.15, 0.2) is 0 Å². The lowest BCUT2D eigenvalue weighted by Crippen LogP contribution is -2.15. The van der Waals surface area contributed by atoms with Gasteiger partial charge < -0.3 is 9.84 Å². The Morgan fingerprint density at radius 1 is 1.17 bits per heavy atom. The maximum Gasteiger partial charge on any atom is 0.302 e. The van der Waals surface area contributed by atoms with E-state index >= 15 is 0 Å². The van der Waals surface area contributed by atoms with Crippen LogP contribution in [0.2, 0.25) is 0 Å². The molecule has 1 N–H and O–H groups in total. The molecule has 0 heterocycles. The third kappa shape index (κ3) is 16.0. The average Bonchev–Trinajstić information content (AvgIpc) is 2.51. The van der Waals surface area contributed by atoms with E-state index in [1.807, 2.05) is 18.2 Å². The molecule has 0 amide bonds. The van der Waals surface area contributed by atoms with Crippen LogP contribution in [0, 0.1) is 23.7 Å². The number of allylic oxidation sites excluding steroid dienone is 5. The summed E-state index contributed by atoms with van der Waals surface area (Å²) in [5.41, 5.74) is 0. The fourth-order valence-corrected chi connectivity index (χ4v) is 1.77. The van der Waals surface area contributed by atoms with Gasteiger partial charge in [0, 0.05) is 13.3 Å². The fourth-order valence-electron chi connectivity index (χ4n) is 1.77. The largest absolute Gasteiger partial charge is 0.463 e. The molecule has 3 nitrogen and oxygen atoms in total. The number of carbonyl (C=O) groups excluding carboxylic acids is 1. The highest BCUT2D eigenvalue weighted by atomic mass is 16.5. The van der Waals surface area contributed by atoms with Gasteiger partial charge in [-0.1, -0.05) is 55.6 Å². The second-order valence-electron chi connectivity index (χ2n) is 4.81. The van der Waals surface area contributed by atoms with E-state index in [-0.39, 0.29) is 18.7 Å². The first-order valence-corrected chi connectivity index (χ1v) is 7.93. The number of carbonyl (C=O) groups is 1. The molecule has 0 radical (unpaired) electrons. The Morgan fingerprint density at radius 3 is 2.70 bits per heavy atom. The summed E-state index contributed by atoms with van der Waals surface area (Å²) in [4.78, 5) is 11.0. The third-order valence-corrected chi connectivity index (χ3v) is 2.74. The van der Waals surface area contributed by atoms with Crippen molar-refractivity contribution in [2.75, 3.05) is 6.61 Å². The number of aliphatic hydroxyl groups excluding tert-OH is 1. The Hall–Kier alpha value is -2.23. The van der Waals surface area contributed by atoms with Gasteiger partial charge in [-0.05, 0) is 37.2 Å². The molecule has 0 rings (SSSR count). The molecule has 0 aromatic heterocycles. The zero-order valence-corrected chi connectivity index (χ0v) is 14.0. The van der Waals surface area contributed by atoms with Crippen molar-refractivity contribution in [2.24, 2.45) is 0 Å². The van der Waals surface area contributed by atoms with E-state index in [2.05, 4.69) is 30.6 Å². The normalized spacial score (nSPS) is 12.0. The van der Waals surface area contributed by atoms with Gasteiger partial charge >= 0.3 is 5.97 Å². The molecule has 0 saturated heterocycles. The first-order chi connectivity index (χ1) is 11.2. The van der Waals surface area contributed by atoms with Crippen LogP contribution >= 0.6 is 0 Å². The van der Waals surface area contributed by atoms with Crippen molar-refractivity contribution in [3.05, 3.63) is 36.5 Å².